The minimum Gasteiger partial charge on any atom is -0.289 e. The lowest BCUT2D eigenvalue weighted by Crippen LogP contribution is -2.21. The number of carbonyl (C=O) groups is 1. The molecule has 0 saturated heterocycles. The zero-order chi connectivity index (χ0) is 8.97. The molecule has 0 radical (unpaired) electrons. The van der Waals surface area contributed by atoms with Gasteiger partial charge in [-0.3, -0.25) is 15.0 Å². The van der Waals surface area contributed by atoms with E-state index in [0.717, 1.165) is 11.3 Å². The molecule has 0 aliphatic carbocycles. The molecule has 0 aliphatic rings. The van der Waals surface area contributed by atoms with Crippen molar-refractivity contribution in [1.29, 1.82) is 0 Å². The molecule has 0 aromatic carbocycles. The summed E-state index contributed by atoms with van der Waals surface area (Å²) in [4.78, 5) is 14.7. The van der Waals surface area contributed by atoms with Gasteiger partial charge in [0.15, 0.2) is 0 Å². The van der Waals surface area contributed by atoms with Gasteiger partial charge in [0.05, 0.1) is 6.42 Å². The highest BCUT2D eigenvalue weighted by Gasteiger charge is 2.03. The van der Waals surface area contributed by atoms with Crippen molar-refractivity contribution in [2.45, 2.75) is 13.3 Å². The van der Waals surface area contributed by atoms with E-state index in [1.165, 1.54) is 0 Å². The molecule has 4 nitrogen and oxygen atoms in total. The summed E-state index contributed by atoms with van der Waals surface area (Å²) in [5.74, 6) is -0.425. The van der Waals surface area contributed by atoms with Crippen molar-refractivity contribution >= 4 is 5.91 Å². The van der Waals surface area contributed by atoms with Crippen molar-refractivity contribution in [2.24, 2.45) is 0 Å². The number of aromatic nitrogens is 1. The predicted molar refractivity (Wildman–Crippen MR) is 42.6 cm³/mol. The summed E-state index contributed by atoms with van der Waals surface area (Å²) in [7, 11) is 0. The Bertz CT molecular complexity index is 286. The number of hydroxylamine groups is 1. The molecule has 12 heavy (non-hydrogen) atoms. The first-order valence-corrected chi connectivity index (χ1v) is 3.57. The molecular formula is C8H10N2O2. The molecule has 4 heteroatoms. The molecular weight excluding hydrogens is 156 g/mol. The van der Waals surface area contributed by atoms with E-state index in [2.05, 4.69) is 4.98 Å². The van der Waals surface area contributed by atoms with Gasteiger partial charge in [-0.2, -0.15) is 0 Å². The average molecular weight is 166 g/mol. The highest BCUT2D eigenvalue weighted by Crippen LogP contribution is 2.03. The molecule has 0 saturated carbocycles. The van der Waals surface area contributed by atoms with Crippen LogP contribution in [0.25, 0.3) is 0 Å². The monoisotopic (exact) mass is 166 g/mol. The fraction of sp³-hybridized carbons (Fsp3) is 0.250. The van der Waals surface area contributed by atoms with Gasteiger partial charge in [0.1, 0.15) is 0 Å². The number of amides is 1. The molecule has 0 fully saturated rings. The van der Waals surface area contributed by atoms with E-state index in [0.29, 0.717) is 0 Å². The number of carbonyl (C=O) groups excluding carboxylic acids is 1. The first kappa shape index (κ1) is 8.67. The standard InChI is InChI=1S/C8H10N2O2/c1-6-7(3-2-4-9-6)5-8(11)10-12/h2-4,12H,5H2,1H3,(H,10,11). The van der Waals surface area contributed by atoms with Gasteiger partial charge in [0.25, 0.3) is 0 Å². The molecule has 2 N–H and O–H groups in total. The number of nitrogens with one attached hydrogen (secondary N) is 1. The molecule has 0 bridgehead atoms. The van der Waals surface area contributed by atoms with Crippen molar-refractivity contribution in [3.63, 3.8) is 0 Å². The quantitative estimate of drug-likeness (QED) is 0.495. The van der Waals surface area contributed by atoms with Crippen molar-refractivity contribution in [1.82, 2.24) is 10.5 Å². The van der Waals surface area contributed by atoms with Crippen LogP contribution < -0.4 is 5.48 Å². The highest BCUT2D eigenvalue weighted by molar-refractivity contribution is 5.77. The van der Waals surface area contributed by atoms with Crippen molar-refractivity contribution in [2.75, 3.05) is 0 Å². The van der Waals surface area contributed by atoms with Crippen LogP contribution in [0.1, 0.15) is 11.3 Å². The molecule has 1 amide bonds. The van der Waals surface area contributed by atoms with E-state index in [9.17, 15) is 4.79 Å². The lowest BCUT2D eigenvalue weighted by molar-refractivity contribution is -0.128. The summed E-state index contributed by atoms with van der Waals surface area (Å²) in [6.07, 6.45) is 1.83. The summed E-state index contributed by atoms with van der Waals surface area (Å²) in [6, 6.07) is 3.56. The van der Waals surface area contributed by atoms with Crippen LogP contribution >= 0.6 is 0 Å². The van der Waals surface area contributed by atoms with E-state index in [-0.39, 0.29) is 6.42 Å². The first-order chi connectivity index (χ1) is 5.74. The lowest BCUT2D eigenvalue weighted by atomic mass is 10.1. The number of pyridine rings is 1. The Morgan fingerprint density at radius 3 is 3.08 bits per heavy atom. The van der Waals surface area contributed by atoms with Gasteiger partial charge in [0, 0.05) is 11.9 Å². The Morgan fingerprint density at radius 1 is 1.75 bits per heavy atom. The van der Waals surface area contributed by atoms with Gasteiger partial charge >= 0.3 is 0 Å². The van der Waals surface area contributed by atoms with Gasteiger partial charge in [-0.25, -0.2) is 5.48 Å². The summed E-state index contributed by atoms with van der Waals surface area (Å²) in [5, 5.41) is 8.27. The Labute approximate surface area is 70.2 Å². The third-order valence-corrected chi connectivity index (χ3v) is 1.59. The summed E-state index contributed by atoms with van der Waals surface area (Å²) >= 11 is 0. The molecule has 0 spiro atoms. The number of rotatable bonds is 2. The number of nitrogens with zero attached hydrogens (tertiary/aromatic N) is 1. The van der Waals surface area contributed by atoms with Crippen LogP contribution in [0.15, 0.2) is 18.3 Å². The predicted octanol–water partition coefficient (Wildman–Crippen LogP) is 0.438. The van der Waals surface area contributed by atoms with Crippen LogP contribution in [0.2, 0.25) is 0 Å². The third-order valence-electron chi connectivity index (χ3n) is 1.59. The largest absolute Gasteiger partial charge is 0.289 e. The van der Waals surface area contributed by atoms with E-state index >= 15 is 0 Å². The second-order valence-electron chi connectivity index (χ2n) is 2.46. The minimum atomic E-state index is -0.425. The second-order valence-corrected chi connectivity index (χ2v) is 2.46. The summed E-state index contributed by atoms with van der Waals surface area (Å²) < 4.78 is 0. The third kappa shape index (κ3) is 2.03. The number of hydrogen-bond acceptors (Lipinski definition) is 3. The average Bonchev–Trinajstić information content (AvgIpc) is 2.09. The topological polar surface area (TPSA) is 62.2 Å². The molecule has 1 aromatic heterocycles. The van der Waals surface area contributed by atoms with Crippen LogP contribution in [0.5, 0.6) is 0 Å². The zero-order valence-corrected chi connectivity index (χ0v) is 6.74. The maximum absolute atomic E-state index is 10.7. The van der Waals surface area contributed by atoms with Crippen LogP contribution in [0.3, 0.4) is 0 Å². The molecule has 1 heterocycles. The maximum Gasteiger partial charge on any atom is 0.247 e. The Hall–Kier alpha value is -1.42. The second kappa shape index (κ2) is 3.82. The van der Waals surface area contributed by atoms with Crippen LogP contribution in [-0.4, -0.2) is 16.1 Å². The van der Waals surface area contributed by atoms with Crippen molar-refractivity contribution < 1.29 is 10.0 Å². The molecule has 0 atom stereocenters. The van der Waals surface area contributed by atoms with Gasteiger partial charge < -0.3 is 0 Å². The molecule has 64 valence electrons. The van der Waals surface area contributed by atoms with E-state index in [4.69, 9.17) is 5.21 Å². The lowest BCUT2D eigenvalue weighted by Gasteiger charge is -2.01. The van der Waals surface area contributed by atoms with Crippen LogP contribution in [0, 0.1) is 6.92 Å². The Morgan fingerprint density at radius 2 is 2.50 bits per heavy atom. The Balaban J connectivity index is 2.75. The Kier molecular flexibility index (Phi) is 2.76. The molecule has 1 aromatic rings. The molecule has 0 aliphatic heterocycles. The van der Waals surface area contributed by atoms with Gasteiger partial charge in [-0.15, -0.1) is 0 Å². The number of hydrogen-bond donors (Lipinski definition) is 2. The molecule has 1 rings (SSSR count). The maximum atomic E-state index is 10.7. The van der Waals surface area contributed by atoms with E-state index in [1.54, 1.807) is 23.8 Å². The van der Waals surface area contributed by atoms with E-state index in [1.807, 2.05) is 6.92 Å². The fourth-order valence-corrected chi connectivity index (χ4v) is 0.917. The smallest absolute Gasteiger partial charge is 0.247 e. The van der Waals surface area contributed by atoms with Gasteiger partial charge in [-0.05, 0) is 18.6 Å². The van der Waals surface area contributed by atoms with Crippen molar-refractivity contribution in [3.05, 3.63) is 29.6 Å². The summed E-state index contributed by atoms with van der Waals surface area (Å²) in [5.41, 5.74) is 3.20. The number of aryl methyl sites for hydroxylation is 1. The van der Waals surface area contributed by atoms with E-state index < -0.39 is 5.91 Å². The van der Waals surface area contributed by atoms with Gasteiger partial charge in [0.2, 0.25) is 5.91 Å². The molecule has 0 unspecified atom stereocenters. The van der Waals surface area contributed by atoms with Gasteiger partial charge in [-0.1, -0.05) is 6.07 Å². The highest BCUT2D eigenvalue weighted by atomic mass is 16.5. The van der Waals surface area contributed by atoms with Crippen LogP contribution in [-0.2, 0) is 11.2 Å². The SMILES string of the molecule is Cc1ncccc1CC(=O)NO. The van der Waals surface area contributed by atoms with Crippen molar-refractivity contribution in [3.8, 4) is 0 Å². The first-order valence-electron chi connectivity index (χ1n) is 3.57. The fourth-order valence-electron chi connectivity index (χ4n) is 0.917. The van der Waals surface area contributed by atoms with Crippen LogP contribution in [0.4, 0.5) is 0 Å². The summed E-state index contributed by atoms with van der Waals surface area (Å²) in [6.45, 7) is 1.82. The normalized spacial score (nSPS) is 9.50. The minimum absolute atomic E-state index is 0.163. The zero-order valence-electron chi connectivity index (χ0n) is 6.74.